The molecule has 1 aromatic rings. The van der Waals surface area contributed by atoms with Crippen molar-refractivity contribution in [1.82, 2.24) is 3.53 Å². The molecule has 82 valence electrons. The highest BCUT2D eigenvalue weighted by Gasteiger charge is 2.21. The van der Waals surface area contributed by atoms with Gasteiger partial charge in [-0.3, -0.25) is 3.53 Å². The van der Waals surface area contributed by atoms with Crippen LogP contribution in [0.3, 0.4) is 0 Å². The van der Waals surface area contributed by atoms with Gasteiger partial charge in [0, 0.05) is 32.5 Å². The van der Waals surface area contributed by atoms with Crippen molar-refractivity contribution in [3.63, 3.8) is 0 Å². The Labute approximate surface area is 119 Å². The maximum absolute atomic E-state index is 3.35. The first-order valence-electron chi connectivity index (χ1n) is 5.41. The highest BCUT2D eigenvalue weighted by atomic mass is 127. The van der Waals surface area contributed by atoms with E-state index in [2.05, 4.69) is 73.3 Å². The predicted octanol–water partition coefficient (Wildman–Crippen LogP) is 4.26. The standard InChI is InChI=1S/C12H15I2N/c13-11-5-1-9(2-6-11)10-3-7-12(15-14)8-4-10/h1-2,5-6,10,12,15H,3-4,7-8H2. The Bertz CT molecular complexity index is 302. The first-order valence-corrected chi connectivity index (χ1v) is 7.57. The third kappa shape index (κ3) is 3.30. The Balaban J connectivity index is 1.98. The molecule has 15 heavy (non-hydrogen) atoms. The molecule has 0 radical (unpaired) electrons. The maximum Gasteiger partial charge on any atom is 0.0172 e. The van der Waals surface area contributed by atoms with Crippen LogP contribution in [0.1, 0.15) is 37.2 Å². The minimum atomic E-state index is 0.741. The Hall–Kier alpha value is 0.640. The first kappa shape index (κ1) is 12.1. The van der Waals surface area contributed by atoms with Crippen LogP contribution in [0, 0.1) is 3.57 Å². The largest absolute Gasteiger partial charge is 0.258 e. The molecule has 0 unspecified atom stereocenters. The Morgan fingerprint density at radius 2 is 1.60 bits per heavy atom. The van der Waals surface area contributed by atoms with Crippen LogP contribution in [0.2, 0.25) is 0 Å². The maximum atomic E-state index is 3.35. The normalized spacial score (nSPS) is 26.5. The lowest BCUT2D eigenvalue weighted by Crippen LogP contribution is -2.25. The molecule has 0 aromatic heterocycles. The van der Waals surface area contributed by atoms with E-state index in [1.807, 2.05) is 0 Å². The number of nitrogens with one attached hydrogen (secondary N) is 1. The highest BCUT2D eigenvalue weighted by molar-refractivity contribution is 14.1. The van der Waals surface area contributed by atoms with Crippen molar-refractivity contribution < 1.29 is 0 Å². The van der Waals surface area contributed by atoms with Gasteiger partial charge in [0.25, 0.3) is 0 Å². The fraction of sp³-hybridized carbons (Fsp3) is 0.500. The smallest absolute Gasteiger partial charge is 0.0172 e. The van der Waals surface area contributed by atoms with E-state index in [1.54, 1.807) is 0 Å². The van der Waals surface area contributed by atoms with Gasteiger partial charge in [-0.05, 0) is 71.9 Å². The van der Waals surface area contributed by atoms with E-state index in [4.69, 9.17) is 0 Å². The molecule has 3 heteroatoms. The lowest BCUT2D eigenvalue weighted by molar-refractivity contribution is 0.386. The van der Waals surface area contributed by atoms with Crippen LogP contribution in [0.25, 0.3) is 0 Å². The molecule has 1 nitrogen and oxygen atoms in total. The second kappa shape index (κ2) is 5.82. The molecule has 1 aliphatic rings. The zero-order valence-corrected chi connectivity index (χ0v) is 12.9. The van der Waals surface area contributed by atoms with Crippen LogP contribution in [-0.4, -0.2) is 6.04 Å². The van der Waals surface area contributed by atoms with Gasteiger partial charge in [-0.15, -0.1) is 0 Å². The van der Waals surface area contributed by atoms with Gasteiger partial charge in [0.2, 0.25) is 0 Å². The summed E-state index contributed by atoms with van der Waals surface area (Å²) in [5, 5.41) is 0. The van der Waals surface area contributed by atoms with Crippen LogP contribution in [0.4, 0.5) is 0 Å². The molecule has 1 fully saturated rings. The lowest BCUT2D eigenvalue weighted by Gasteiger charge is -2.27. The molecule has 1 aliphatic carbocycles. The summed E-state index contributed by atoms with van der Waals surface area (Å²) in [6, 6.07) is 9.77. The predicted molar refractivity (Wildman–Crippen MR) is 81.3 cm³/mol. The van der Waals surface area contributed by atoms with Crippen molar-refractivity contribution in [1.29, 1.82) is 0 Å². The molecule has 0 amide bonds. The van der Waals surface area contributed by atoms with Crippen molar-refractivity contribution in [3.8, 4) is 0 Å². The average Bonchev–Trinajstić information content (AvgIpc) is 2.30. The summed E-state index contributed by atoms with van der Waals surface area (Å²) in [6.45, 7) is 0. The van der Waals surface area contributed by atoms with Gasteiger partial charge in [-0.25, -0.2) is 0 Å². The summed E-state index contributed by atoms with van der Waals surface area (Å²) in [4.78, 5) is 0. The topological polar surface area (TPSA) is 12.0 Å². The number of halogens is 2. The number of benzene rings is 1. The van der Waals surface area contributed by atoms with E-state index in [1.165, 1.54) is 34.8 Å². The fourth-order valence-corrected chi connectivity index (χ4v) is 3.25. The summed E-state index contributed by atoms with van der Waals surface area (Å²) in [6.07, 6.45) is 5.31. The Kier molecular flexibility index (Phi) is 4.69. The third-order valence-electron chi connectivity index (χ3n) is 3.22. The van der Waals surface area contributed by atoms with E-state index in [-0.39, 0.29) is 0 Å². The lowest BCUT2D eigenvalue weighted by atomic mass is 9.82. The van der Waals surface area contributed by atoms with Gasteiger partial charge < -0.3 is 0 Å². The molecular formula is C12H15I2N. The van der Waals surface area contributed by atoms with Gasteiger partial charge in [-0.1, -0.05) is 12.1 Å². The molecule has 0 saturated heterocycles. The molecule has 1 N–H and O–H groups in total. The SMILES string of the molecule is INC1CCC(c2ccc(I)cc2)CC1. The van der Waals surface area contributed by atoms with Crippen molar-refractivity contribution in [2.45, 2.75) is 37.6 Å². The number of hydrogen-bond acceptors (Lipinski definition) is 1. The molecule has 0 atom stereocenters. The van der Waals surface area contributed by atoms with Crippen LogP contribution in [0.5, 0.6) is 0 Å². The zero-order chi connectivity index (χ0) is 10.7. The highest BCUT2D eigenvalue weighted by Crippen LogP contribution is 2.33. The zero-order valence-electron chi connectivity index (χ0n) is 8.55. The van der Waals surface area contributed by atoms with Crippen LogP contribution in [0.15, 0.2) is 24.3 Å². The molecular weight excluding hydrogens is 412 g/mol. The average molecular weight is 427 g/mol. The molecule has 0 heterocycles. The third-order valence-corrected chi connectivity index (χ3v) is 4.82. The molecule has 0 bridgehead atoms. The van der Waals surface area contributed by atoms with Gasteiger partial charge in [0.05, 0.1) is 0 Å². The summed E-state index contributed by atoms with van der Waals surface area (Å²) in [7, 11) is 0. The minimum Gasteiger partial charge on any atom is -0.258 e. The van der Waals surface area contributed by atoms with Crippen molar-refractivity contribution in [3.05, 3.63) is 33.4 Å². The van der Waals surface area contributed by atoms with Crippen molar-refractivity contribution in [2.24, 2.45) is 0 Å². The van der Waals surface area contributed by atoms with Crippen LogP contribution < -0.4 is 3.53 Å². The Morgan fingerprint density at radius 3 is 2.13 bits per heavy atom. The van der Waals surface area contributed by atoms with Gasteiger partial charge >= 0.3 is 0 Å². The van der Waals surface area contributed by atoms with E-state index in [0.717, 1.165) is 12.0 Å². The molecule has 0 spiro atoms. The van der Waals surface area contributed by atoms with E-state index in [0.29, 0.717) is 0 Å². The molecule has 2 rings (SSSR count). The molecule has 1 saturated carbocycles. The second-order valence-corrected chi connectivity index (χ2v) is 6.08. The van der Waals surface area contributed by atoms with Crippen molar-refractivity contribution in [2.75, 3.05) is 0 Å². The van der Waals surface area contributed by atoms with Crippen LogP contribution >= 0.6 is 45.5 Å². The Morgan fingerprint density at radius 1 is 1.00 bits per heavy atom. The monoisotopic (exact) mass is 427 g/mol. The molecule has 1 aromatic carbocycles. The number of hydrogen-bond donors (Lipinski definition) is 1. The van der Waals surface area contributed by atoms with E-state index >= 15 is 0 Å². The minimum absolute atomic E-state index is 0.741. The van der Waals surface area contributed by atoms with Gasteiger partial charge in [-0.2, -0.15) is 0 Å². The number of rotatable bonds is 2. The van der Waals surface area contributed by atoms with E-state index < -0.39 is 0 Å². The molecule has 0 aliphatic heterocycles. The summed E-state index contributed by atoms with van der Waals surface area (Å²) in [5.41, 5.74) is 1.53. The summed E-state index contributed by atoms with van der Waals surface area (Å²) in [5.74, 6) is 0.794. The van der Waals surface area contributed by atoms with Gasteiger partial charge in [0.15, 0.2) is 0 Å². The summed E-state index contributed by atoms with van der Waals surface area (Å²) < 4.78 is 4.69. The fourth-order valence-electron chi connectivity index (χ4n) is 2.27. The van der Waals surface area contributed by atoms with Crippen LogP contribution in [-0.2, 0) is 0 Å². The van der Waals surface area contributed by atoms with Gasteiger partial charge in [0.1, 0.15) is 0 Å². The van der Waals surface area contributed by atoms with Crippen molar-refractivity contribution >= 4 is 45.5 Å². The second-order valence-electron chi connectivity index (χ2n) is 4.21. The van der Waals surface area contributed by atoms with E-state index in [9.17, 15) is 0 Å². The summed E-state index contributed by atoms with van der Waals surface area (Å²) >= 11 is 4.65. The first-order chi connectivity index (χ1) is 7.29. The quantitative estimate of drug-likeness (QED) is 0.550.